The second-order valence-electron chi connectivity index (χ2n) is 4.14. The lowest BCUT2D eigenvalue weighted by atomic mass is 10.2. The van der Waals surface area contributed by atoms with Gasteiger partial charge < -0.3 is 4.74 Å². The fourth-order valence-electron chi connectivity index (χ4n) is 1.60. The van der Waals surface area contributed by atoms with Crippen LogP contribution in [0.3, 0.4) is 0 Å². The molecule has 4 nitrogen and oxygen atoms in total. The van der Waals surface area contributed by atoms with Crippen LogP contribution >= 0.6 is 0 Å². The summed E-state index contributed by atoms with van der Waals surface area (Å²) in [6.45, 7) is 5.54. The molecule has 0 unspecified atom stereocenters. The van der Waals surface area contributed by atoms with E-state index in [0.717, 1.165) is 5.56 Å². The van der Waals surface area contributed by atoms with Crippen LogP contribution in [0.1, 0.15) is 24.5 Å². The molecule has 0 fully saturated rings. The van der Waals surface area contributed by atoms with Crippen LogP contribution in [0.25, 0.3) is 0 Å². The average Bonchev–Trinajstić information content (AvgIpc) is 2.30. The Morgan fingerprint density at radius 2 is 1.94 bits per heavy atom. The Labute approximate surface area is 108 Å². The molecule has 0 saturated heterocycles. The van der Waals surface area contributed by atoms with Gasteiger partial charge in [0.05, 0.1) is 23.7 Å². The smallest absolute Gasteiger partial charge is 0.306 e. The molecule has 5 heteroatoms. The molecule has 18 heavy (non-hydrogen) atoms. The van der Waals surface area contributed by atoms with E-state index in [9.17, 15) is 13.2 Å². The summed E-state index contributed by atoms with van der Waals surface area (Å²) in [6.07, 6.45) is -0.108. The summed E-state index contributed by atoms with van der Waals surface area (Å²) >= 11 is 0. The molecule has 0 aromatic heterocycles. The minimum atomic E-state index is -3.43. The Kier molecular flexibility index (Phi) is 4.90. The fourth-order valence-corrected chi connectivity index (χ4v) is 3.18. The van der Waals surface area contributed by atoms with Gasteiger partial charge in [0.1, 0.15) is 0 Å². The van der Waals surface area contributed by atoms with Gasteiger partial charge in [0.15, 0.2) is 9.84 Å². The molecule has 0 spiro atoms. The SMILES string of the molecule is CCOC(=O)CCS(=O)(=O)c1cc(C)ccc1C. The first-order valence-corrected chi connectivity index (χ1v) is 7.47. The van der Waals surface area contributed by atoms with Gasteiger partial charge in [0.25, 0.3) is 0 Å². The zero-order valence-corrected chi connectivity index (χ0v) is 11.7. The monoisotopic (exact) mass is 270 g/mol. The molecular formula is C13H18O4S. The average molecular weight is 270 g/mol. The van der Waals surface area contributed by atoms with Gasteiger partial charge in [-0.25, -0.2) is 8.42 Å². The molecular weight excluding hydrogens is 252 g/mol. The quantitative estimate of drug-likeness (QED) is 0.768. The number of carbonyl (C=O) groups is 1. The maximum Gasteiger partial charge on any atom is 0.306 e. The van der Waals surface area contributed by atoms with Crippen LogP contribution in [0.4, 0.5) is 0 Å². The van der Waals surface area contributed by atoms with E-state index in [1.807, 2.05) is 13.0 Å². The van der Waals surface area contributed by atoms with Crippen LogP contribution in [-0.2, 0) is 19.4 Å². The zero-order valence-electron chi connectivity index (χ0n) is 10.9. The van der Waals surface area contributed by atoms with Crippen molar-refractivity contribution in [3.8, 4) is 0 Å². The number of ether oxygens (including phenoxy) is 1. The summed E-state index contributed by atoms with van der Waals surface area (Å²) < 4.78 is 28.9. The number of hydrogen-bond donors (Lipinski definition) is 0. The molecule has 0 aliphatic heterocycles. The highest BCUT2D eigenvalue weighted by Crippen LogP contribution is 2.18. The van der Waals surface area contributed by atoms with Gasteiger partial charge in [-0.15, -0.1) is 0 Å². The highest BCUT2D eigenvalue weighted by molar-refractivity contribution is 7.91. The van der Waals surface area contributed by atoms with E-state index in [1.54, 1.807) is 26.0 Å². The molecule has 0 radical (unpaired) electrons. The van der Waals surface area contributed by atoms with Crippen LogP contribution in [0, 0.1) is 13.8 Å². The number of hydrogen-bond acceptors (Lipinski definition) is 4. The van der Waals surface area contributed by atoms with Gasteiger partial charge in [-0.2, -0.15) is 0 Å². The second kappa shape index (κ2) is 6.00. The third-order valence-corrected chi connectivity index (χ3v) is 4.41. The standard InChI is InChI=1S/C13H18O4S/c1-4-17-13(14)7-8-18(15,16)12-9-10(2)5-6-11(12)3/h5-6,9H,4,7-8H2,1-3H3. The second-order valence-corrected chi connectivity index (χ2v) is 6.22. The lowest BCUT2D eigenvalue weighted by Crippen LogP contribution is -2.14. The van der Waals surface area contributed by atoms with E-state index in [1.165, 1.54) is 0 Å². The molecule has 1 aromatic rings. The van der Waals surface area contributed by atoms with E-state index in [0.29, 0.717) is 10.5 Å². The maximum atomic E-state index is 12.1. The van der Waals surface area contributed by atoms with Crippen molar-refractivity contribution in [2.24, 2.45) is 0 Å². The first-order valence-electron chi connectivity index (χ1n) is 5.82. The Morgan fingerprint density at radius 3 is 2.56 bits per heavy atom. The van der Waals surface area contributed by atoms with E-state index in [4.69, 9.17) is 4.74 Å². The third kappa shape index (κ3) is 3.84. The van der Waals surface area contributed by atoms with Crippen LogP contribution in [0.15, 0.2) is 23.1 Å². The predicted molar refractivity (Wildman–Crippen MR) is 69.2 cm³/mol. The lowest BCUT2D eigenvalue weighted by Gasteiger charge is -2.08. The lowest BCUT2D eigenvalue weighted by molar-refractivity contribution is -0.142. The summed E-state index contributed by atoms with van der Waals surface area (Å²) in [5.74, 6) is -0.692. The van der Waals surface area contributed by atoms with Gasteiger partial charge in [-0.05, 0) is 38.0 Å². The highest BCUT2D eigenvalue weighted by Gasteiger charge is 2.19. The molecule has 0 atom stereocenters. The van der Waals surface area contributed by atoms with Gasteiger partial charge in [0.2, 0.25) is 0 Å². The van der Waals surface area contributed by atoms with E-state index in [-0.39, 0.29) is 18.8 Å². The Balaban J connectivity index is 2.87. The van der Waals surface area contributed by atoms with Gasteiger partial charge in [0, 0.05) is 0 Å². The topological polar surface area (TPSA) is 60.4 Å². The summed E-state index contributed by atoms with van der Waals surface area (Å²) in [5.41, 5.74) is 1.58. The molecule has 1 rings (SSSR count). The van der Waals surface area contributed by atoms with Crippen molar-refractivity contribution in [1.29, 1.82) is 0 Å². The number of benzene rings is 1. The van der Waals surface area contributed by atoms with E-state index in [2.05, 4.69) is 0 Å². The van der Waals surface area contributed by atoms with E-state index >= 15 is 0 Å². The van der Waals surface area contributed by atoms with Gasteiger partial charge >= 0.3 is 5.97 Å². The van der Waals surface area contributed by atoms with Crippen LogP contribution < -0.4 is 0 Å². The van der Waals surface area contributed by atoms with Crippen molar-refractivity contribution in [2.45, 2.75) is 32.1 Å². The summed E-state index contributed by atoms with van der Waals surface area (Å²) in [4.78, 5) is 11.5. The highest BCUT2D eigenvalue weighted by atomic mass is 32.2. The Hall–Kier alpha value is -1.36. The molecule has 1 aromatic carbocycles. The van der Waals surface area contributed by atoms with Crippen LogP contribution in [-0.4, -0.2) is 26.7 Å². The molecule has 0 bridgehead atoms. The van der Waals surface area contributed by atoms with Crippen molar-refractivity contribution >= 4 is 15.8 Å². The Bertz CT molecular complexity index is 532. The van der Waals surface area contributed by atoms with Crippen molar-refractivity contribution in [3.05, 3.63) is 29.3 Å². The normalized spacial score (nSPS) is 11.3. The minimum absolute atomic E-state index is 0.108. The van der Waals surface area contributed by atoms with E-state index < -0.39 is 15.8 Å². The molecule has 0 aliphatic carbocycles. The summed E-state index contributed by atoms with van der Waals surface area (Å²) in [5, 5.41) is 0. The zero-order chi connectivity index (χ0) is 13.8. The largest absolute Gasteiger partial charge is 0.466 e. The number of esters is 1. The minimum Gasteiger partial charge on any atom is -0.466 e. The van der Waals surface area contributed by atoms with Crippen LogP contribution in [0.5, 0.6) is 0 Å². The van der Waals surface area contributed by atoms with Gasteiger partial charge in [-0.3, -0.25) is 4.79 Å². The fraction of sp³-hybridized carbons (Fsp3) is 0.462. The summed E-state index contributed by atoms with van der Waals surface area (Å²) in [7, 11) is -3.43. The number of sulfone groups is 1. The molecule has 0 amide bonds. The molecule has 0 heterocycles. The number of rotatable bonds is 5. The predicted octanol–water partition coefficient (Wildman–Crippen LogP) is 2.03. The number of aryl methyl sites for hydroxylation is 2. The van der Waals surface area contributed by atoms with Crippen molar-refractivity contribution in [3.63, 3.8) is 0 Å². The summed E-state index contributed by atoms with van der Waals surface area (Å²) in [6, 6.07) is 5.27. The van der Waals surface area contributed by atoms with Gasteiger partial charge in [-0.1, -0.05) is 12.1 Å². The molecule has 0 aliphatic rings. The van der Waals surface area contributed by atoms with Crippen LogP contribution in [0.2, 0.25) is 0 Å². The Morgan fingerprint density at radius 1 is 1.28 bits per heavy atom. The molecule has 100 valence electrons. The first-order chi connectivity index (χ1) is 8.36. The third-order valence-electron chi connectivity index (χ3n) is 2.56. The number of carbonyl (C=O) groups excluding carboxylic acids is 1. The molecule has 0 N–H and O–H groups in total. The van der Waals surface area contributed by atoms with Crippen molar-refractivity contribution < 1.29 is 17.9 Å². The van der Waals surface area contributed by atoms with Crippen molar-refractivity contribution in [1.82, 2.24) is 0 Å². The molecule has 0 saturated carbocycles. The van der Waals surface area contributed by atoms with Crippen molar-refractivity contribution in [2.75, 3.05) is 12.4 Å². The first kappa shape index (κ1) is 14.7. The maximum absolute atomic E-state index is 12.1.